The summed E-state index contributed by atoms with van der Waals surface area (Å²) in [6, 6.07) is 10.7. The van der Waals surface area contributed by atoms with Gasteiger partial charge in [-0.15, -0.1) is 0 Å². The minimum atomic E-state index is 0.666. The first-order chi connectivity index (χ1) is 8.92. The topological polar surface area (TPSA) is 24.8 Å². The van der Waals surface area contributed by atoms with E-state index >= 15 is 0 Å². The minimum Gasteiger partial charge on any atom is -0.395 e. The maximum atomic E-state index is 5.11. The number of benzene rings is 1. The van der Waals surface area contributed by atoms with E-state index in [1.165, 1.54) is 37.2 Å². The summed E-state index contributed by atoms with van der Waals surface area (Å²) in [6.07, 6.45) is 3.51. The SMILES string of the molecule is c1ccc(CN2CCC(C3=NOCC3)CC2)cc1. The van der Waals surface area contributed by atoms with Gasteiger partial charge in [0.15, 0.2) is 0 Å². The molecule has 0 aliphatic carbocycles. The number of hydrogen-bond acceptors (Lipinski definition) is 3. The summed E-state index contributed by atoms with van der Waals surface area (Å²) in [5.41, 5.74) is 2.71. The van der Waals surface area contributed by atoms with Gasteiger partial charge in [-0.3, -0.25) is 4.90 Å². The molecule has 1 aromatic carbocycles. The van der Waals surface area contributed by atoms with E-state index in [9.17, 15) is 0 Å². The Hall–Kier alpha value is -1.35. The van der Waals surface area contributed by atoms with Gasteiger partial charge >= 0.3 is 0 Å². The van der Waals surface area contributed by atoms with Crippen molar-refractivity contribution in [1.82, 2.24) is 4.90 Å². The van der Waals surface area contributed by atoms with Gasteiger partial charge in [-0.25, -0.2) is 0 Å². The zero-order valence-corrected chi connectivity index (χ0v) is 10.7. The summed E-state index contributed by atoms with van der Waals surface area (Å²) in [4.78, 5) is 7.65. The third-order valence-corrected chi connectivity index (χ3v) is 3.94. The molecule has 0 saturated carbocycles. The minimum absolute atomic E-state index is 0.666. The van der Waals surface area contributed by atoms with Crippen LogP contribution in [-0.2, 0) is 11.4 Å². The molecule has 0 radical (unpaired) electrons. The fourth-order valence-corrected chi connectivity index (χ4v) is 2.87. The fraction of sp³-hybridized carbons (Fsp3) is 0.533. The molecule has 96 valence electrons. The number of nitrogens with zero attached hydrogens (tertiary/aromatic N) is 2. The van der Waals surface area contributed by atoms with E-state index < -0.39 is 0 Å². The second kappa shape index (κ2) is 5.53. The molecule has 0 aromatic heterocycles. The molecule has 1 saturated heterocycles. The van der Waals surface area contributed by atoms with Crippen molar-refractivity contribution in [1.29, 1.82) is 0 Å². The molecule has 0 bridgehead atoms. The predicted molar refractivity (Wildman–Crippen MR) is 72.4 cm³/mol. The van der Waals surface area contributed by atoms with Crippen molar-refractivity contribution >= 4 is 5.71 Å². The number of piperidine rings is 1. The van der Waals surface area contributed by atoms with Gasteiger partial charge in [-0.05, 0) is 31.5 Å². The average molecular weight is 244 g/mol. The van der Waals surface area contributed by atoms with Crippen LogP contribution >= 0.6 is 0 Å². The van der Waals surface area contributed by atoms with Crippen molar-refractivity contribution in [3.05, 3.63) is 35.9 Å². The Kier molecular flexibility index (Phi) is 3.60. The zero-order valence-electron chi connectivity index (χ0n) is 10.7. The summed E-state index contributed by atoms with van der Waals surface area (Å²) < 4.78 is 0. The molecule has 3 nitrogen and oxygen atoms in total. The lowest BCUT2D eigenvalue weighted by molar-refractivity contribution is 0.172. The molecular formula is C15H20N2O. The van der Waals surface area contributed by atoms with Crippen LogP contribution in [0.15, 0.2) is 35.5 Å². The van der Waals surface area contributed by atoms with Gasteiger partial charge in [-0.2, -0.15) is 0 Å². The van der Waals surface area contributed by atoms with Crippen LogP contribution in [0.2, 0.25) is 0 Å². The third-order valence-electron chi connectivity index (χ3n) is 3.94. The summed E-state index contributed by atoms with van der Waals surface area (Å²) in [7, 11) is 0. The van der Waals surface area contributed by atoms with Crippen molar-refractivity contribution in [2.75, 3.05) is 19.7 Å². The smallest absolute Gasteiger partial charge is 0.122 e. The molecule has 0 spiro atoms. The quantitative estimate of drug-likeness (QED) is 0.816. The van der Waals surface area contributed by atoms with Gasteiger partial charge in [0.2, 0.25) is 0 Å². The van der Waals surface area contributed by atoms with E-state index in [1.807, 2.05) is 0 Å². The van der Waals surface area contributed by atoms with Gasteiger partial charge in [0.05, 0.1) is 5.71 Å². The van der Waals surface area contributed by atoms with Crippen molar-refractivity contribution < 1.29 is 4.84 Å². The largest absolute Gasteiger partial charge is 0.395 e. The fourth-order valence-electron chi connectivity index (χ4n) is 2.87. The Balaban J connectivity index is 1.51. The second-order valence-electron chi connectivity index (χ2n) is 5.20. The van der Waals surface area contributed by atoms with E-state index in [-0.39, 0.29) is 0 Å². The van der Waals surface area contributed by atoms with E-state index in [4.69, 9.17) is 4.84 Å². The molecule has 3 heteroatoms. The molecule has 3 rings (SSSR count). The highest BCUT2D eigenvalue weighted by atomic mass is 16.6. The number of oxime groups is 1. The summed E-state index contributed by atoms with van der Waals surface area (Å²) in [5.74, 6) is 0.666. The molecular weight excluding hydrogens is 224 g/mol. The lowest BCUT2D eigenvalue weighted by Crippen LogP contribution is -2.35. The van der Waals surface area contributed by atoms with Crippen LogP contribution in [0.25, 0.3) is 0 Å². The molecule has 2 aliphatic rings. The summed E-state index contributed by atoms with van der Waals surface area (Å²) >= 11 is 0. The normalized spacial score (nSPS) is 21.7. The first-order valence-corrected chi connectivity index (χ1v) is 6.87. The third kappa shape index (κ3) is 2.72. The lowest BCUT2D eigenvalue weighted by Gasteiger charge is -2.31. The number of likely N-dealkylation sites (tertiary alicyclic amines) is 1. The van der Waals surface area contributed by atoms with E-state index in [0.29, 0.717) is 5.92 Å². The molecule has 2 heterocycles. The van der Waals surface area contributed by atoms with Crippen LogP contribution in [0.4, 0.5) is 0 Å². The summed E-state index contributed by atoms with van der Waals surface area (Å²) in [5, 5.41) is 4.17. The van der Waals surface area contributed by atoms with Gasteiger partial charge in [0, 0.05) is 18.9 Å². The maximum Gasteiger partial charge on any atom is 0.122 e. The lowest BCUT2D eigenvalue weighted by atomic mass is 9.90. The van der Waals surface area contributed by atoms with Crippen LogP contribution in [0.1, 0.15) is 24.8 Å². The van der Waals surface area contributed by atoms with E-state index in [0.717, 1.165) is 19.6 Å². The Morgan fingerprint density at radius 2 is 1.94 bits per heavy atom. The van der Waals surface area contributed by atoms with Gasteiger partial charge < -0.3 is 4.84 Å². The van der Waals surface area contributed by atoms with Crippen molar-refractivity contribution in [3.63, 3.8) is 0 Å². The van der Waals surface area contributed by atoms with Crippen LogP contribution < -0.4 is 0 Å². The van der Waals surface area contributed by atoms with Gasteiger partial charge in [-0.1, -0.05) is 35.5 Å². The number of rotatable bonds is 3. The highest BCUT2D eigenvalue weighted by molar-refractivity contribution is 5.87. The first kappa shape index (κ1) is 11.7. The van der Waals surface area contributed by atoms with Crippen LogP contribution in [-0.4, -0.2) is 30.3 Å². The highest BCUT2D eigenvalue weighted by Gasteiger charge is 2.25. The monoisotopic (exact) mass is 244 g/mol. The molecule has 1 fully saturated rings. The van der Waals surface area contributed by atoms with Crippen molar-refractivity contribution in [2.24, 2.45) is 11.1 Å². The Morgan fingerprint density at radius 1 is 1.17 bits per heavy atom. The maximum absolute atomic E-state index is 5.11. The Labute approximate surface area is 108 Å². The molecule has 0 amide bonds. The predicted octanol–water partition coefficient (Wildman–Crippen LogP) is 2.67. The van der Waals surface area contributed by atoms with Gasteiger partial charge in [0.1, 0.15) is 6.61 Å². The summed E-state index contributed by atoms with van der Waals surface area (Å²) in [6.45, 7) is 4.23. The molecule has 0 unspecified atom stereocenters. The second-order valence-corrected chi connectivity index (χ2v) is 5.20. The molecule has 0 atom stereocenters. The van der Waals surface area contributed by atoms with Crippen LogP contribution in [0, 0.1) is 5.92 Å². The van der Waals surface area contributed by atoms with Gasteiger partial charge in [0.25, 0.3) is 0 Å². The Morgan fingerprint density at radius 3 is 2.61 bits per heavy atom. The standard InChI is InChI=1S/C15H20N2O/c1-2-4-13(5-3-1)12-17-9-6-14(7-10-17)15-8-11-18-16-15/h1-5,14H,6-12H2. The highest BCUT2D eigenvalue weighted by Crippen LogP contribution is 2.23. The Bertz CT molecular complexity index is 408. The van der Waals surface area contributed by atoms with Crippen molar-refractivity contribution in [2.45, 2.75) is 25.8 Å². The van der Waals surface area contributed by atoms with Crippen molar-refractivity contribution in [3.8, 4) is 0 Å². The molecule has 1 aromatic rings. The van der Waals surface area contributed by atoms with E-state index in [2.05, 4.69) is 40.4 Å². The molecule has 0 N–H and O–H groups in total. The zero-order chi connectivity index (χ0) is 12.2. The number of hydrogen-bond donors (Lipinski definition) is 0. The average Bonchev–Trinajstić information content (AvgIpc) is 2.95. The molecule has 18 heavy (non-hydrogen) atoms. The van der Waals surface area contributed by atoms with Crippen LogP contribution in [0.3, 0.4) is 0 Å². The van der Waals surface area contributed by atoms with Crippen LogP contribution in [0.5, 0.6) is 0 Å². The molecule has 2 aliphatic heterocycles. The first-order valence-electron chi connectivity index (χ1n) is 6.87. The van der Waals surface area contributed by atoms with E-state index in [1.54, 1.807) is 0 Å².